The Balaban J connectivity index is 1.62. The first-order valence-electron chi connectivity index (χ1n) is 10.6. The van der Waals surface area contributed by atoms with Crippen molar-refractivity contribution in [3.05, 3.63) is 82.8 Å². The van der Waals surface area contributed by atoms with E-state index in [-0.39, 0.29) is 11.1 Å². The molecule has 0 atom stereocenters. The molecule has 168 valence electrons. The average Bonchev–Trinajstić information content (AvgIpc) is 3.16. The van der Waals surface area contributed by atoms with Crippen LogP contribution in [0.5, 0.6) is 5.88 Å². The van der Waals surface area contributed by atoms with Crippen molar-refractivity contribution < 1.29 is 5.11 Å². The van der Waals surface area contributed by atoms with Crippen LogP contribution in [-0.2, 0) is 12.8 Å². The lowest BCUT2D eigenvalue weighted by Crippen LogP contribution is -2.31. The van der Waals surface area contributed by atoms with Gasteiger partial charge in [-0.3, -0.25) is 14.6 Å². The summed E-state index contributed by atoms with van der Waals surface area (Å²) in [6.07, 6.45) is 6.28. The van der Waals surface area contributed by atoms with E-state index in [0.717, 1.165) is 57.8 Å². The summed E-state index contributed by atoms with van der Waals surface area (Å²) in [6.45, 7) is 3.81. The highest BCUT2D eigenvalue weighted by molar-refractivity contribution is 7.18. The Bertz CT molecular complexity index is 1620. The molecule has 0 radical (unpaired) electrons. The Kier molecular flexibility index (Phi) is 5.09. The van der Waals surface area contributed by atoms with Gasteiger partial charge in [-0.05, 0) is 68.4 Å². The Labute approximate surface area is 191 Å². The monoisotopic (exact) mass is 463 g/mol. The highest BCUT2D eigenvalue weighted by atomic mass is 32.1. The van der Waals surface area contributed by atoms with Gasteiger partial charge in [-0.1, -0.05) is 6.07 Å². The summed E-state index contributed by atoms with van der Waals surface area (Å²) in [7, 11) is 0. The number of hydrogen-bond acceptors (Lipinski definition) is 7. The molecule has 10 heteroatoms. The number of benzene rings is 1. The summed E-state index contributed by atoms with van der Waals surface area (Å²) in [6, 6.07) is 5.22. The van der Waals surface area contributed by atoms with Crippen LogP contribution < -0.4 is 16.8 Å². The largest absolute Gasteiger partial charge is 0.493 e. The molecule has 1 aliphatic carbocycles. The van der Waals surface area contributed by atoms with Gasteiger partial charge in [0, 0.05) is 4.88 Å². The van der Waals surface area contributed by atoms with E-state index >= 15 is 0 Å². The third-order valence-electron chi connectivity index (χ3n) is 6.04. The molecule has 0 spiro atoms. The molecule has 0 saturated carbocycles. The number of aromatic amines is 1. The Morgan fingerprint density at radius 2 is 1.94 bits per heavy atom. The minimum absolute atomic E-state index is 0.243. The molecule has 0 amide bonds. The molecule has 0 saturated heterocycles. The second-order valence-corrected chi connectivity index (χ2v) is 9.21. The maximum atomic E-state index is 13.1. The number of hydrogen-bond donors (Lipinski definition) is 2. The second-order valence-electron chi connectivity index (χ2n) is 8.13. The van der Waals surface area contributed by atoms with Crippen LogP contribution in [0.1, 0.15) is 40.0 Å². The lowest BCUT2D eigenvalue weighted by Gasteiger charge is -2.11. The second kappa shape index (κ2) is 7.96. The van der Waals surface area contributed by atoms with Crippen LogP contribution in [-0.4, -0.2) is 30.5 Å². The van der Waals surface area contributed by atoms with Crippen molar-refractivity contribution in [3.8, 4) is 11.6 Å². The van der Waals surface area contributed by atoms with Crippen molar-refractivity contribution in [2.75, 3.05) is 0 Å². The van der Waals surface area contributed by atoms with Gasteiger partial charge in [0.05, 0.1) is 17.3 Å². The van der Waals surface area contributed by atoms with Crippen molar-refractivity contribution in [2.45, 2.75) is 39.5 Å². The van der Waals surface area contributed by atoms with Crippen LogP contribution in [0.25, 0.3) is 15.9 Å². The van der Waals surface area contributed by atoms with E-state index in [1.165, 1.54) is 22.5 Å². The Morgan fingerprint density at radius 1 is 1.15 bits per heavy atom. The lowest BCUT2D eigenvalue weighted by atomic mass is 9.97. The molecule has 0 aliphatic heterocycles. The molecule has 33 heavy (non-hydrogen) atoms. The number of fused-ring (bicyclic) bond motifs is 3. The summed E-state index contributed by atoms with van der Waals surface area (Å²) in [5, 5.41) is 15.4. The molecule has 9 nitrogen and oxygen atoms in total. The normalized spacial score (nSPS) is 13.6. The van der Waals surface area contributed by atoms with Gasteiger partial charge in [-0.2, -0.15) is 9.78 Å². The molecule has 0 unspecified atom stereocenters. The van der Waals surface area contributed by atoms with Crippen molar-refractivity contribution in [1.82, 2.24) is 19.2 Å². The first-order chi connectivity index (χ1) is 15.8. The van der Waals surface area contributed by atoms with Crippen molar-refractivity contribution in [3.63, 3.8) is 0 Å². The molecule has 1 aliphatic rings. The maximum absolute atomic E-state index is 13.1. The number of thiophene rings is 1. The molecule has 0 fully saturated rings. The van der Waals surface area contributed by atoms with Crippen molar-refractivity contribution >= 4 is 27.8 Å². The van der Waals surface area contributed by atoms with Crippen LogP contribution in [0.15, 0.2) is 44.0 Å². The number of aryl methyl sites for hydroxylation is 4. The average molecular weight is 464 g/mol. The number of aromatic nitrogens is 4. The predicted molar refractivity (Wildman–Crippen MR) is 127 cm³/mol. The van der Waals surface area contributed by atoms with E-state index in [2.05, 4.69) is 15.1 Å². The SMILES string of the molecule is Cc1ccc(-n2c(O)c(C=Nn3cnc4sc5c(c4c3=O)CCCC5)c(=O)[nH]c2=O)cc1C. The number of nitrogens with one attached hydrogen (secondary N) is 1. The molecule has 0 bridgehead atoms. The van der Waals surface area contributed by atoms with E-state index in [4.69, 9.17) is 0 Å². The van der Waals surface area contributed by atoms with Gasteiger partial charge >= 0.3 is 5.69 Å². The summed E-state index contributed by atoms with van der Waals surface area (Å²) < 4.78 is 2.04. The molecule has 4 aromatic rings. The smallest absolute Gasteiger partial charge is 0.335 e. The van der Waals surface area contributed by atoms with Crippen molar-refractivity contribution in [2.24, 2.45) is 5.10 Å². The maximum Gasteiger partial charge on any atom is 0.335 e. The van der Waals surface area contributed by atoms with Gasteiger partial charge in [0.15, 0.2) is 0 Å². The Hall–Kier alpha value is -3.79. The first kappa shape index (κ1) is 21.1. The van der Waals surface area contributed by atoms with E-state index < -0.39 is 17.1 Å². The number of rotatable bonds is 3. The number of aromatic hydroxyl groups is 1. The minimum Gasteiger partial charge on any atom is -0.493 e. The third-order valence-corrected chi connectivity index (χ3v) is 7.24. The molecule has 5 rings (SSSR count). The molecule has 3 aromatic heterocycles. The topological polar surface area (TPSA) is 122 Å². The van der Waals surface area contributed by atoms with Gasteiger partial charge in [0.1, 0.15) is 16.7 Å². The summed E-state index contributed by atoms with van der Waals surface area (Å²) in [5.74, 6) is -0.564. The zero-order valence-electron chi connectivity index (χ0n) is 18.1. The quantitative estimate of drug-likeness (QED) is 0.452. The van der Waals surface area contributed by atoms with E-state index in [9.17, 15) is 19.5 Å². The van der Waals surface area contributed by atoms with Crippen LogP contribution in [0.3, 0.4) is 0 Å². The minimum atomic E-state index is -0.809. The highest BCUT2D eigenvalue weighted by Crippen LogP contribution is 2.33. The zero-order valence-corrected chi connectivity index (χ0v) is 18.9. The number of nitrogens with zero attached hydrogens (tertiary/aromatic N) is 4. The van der Waals surface area contributed by atoms with Crippen molar-refractivity contribution in [1.29, 1.82) is 0 Å². The van der Waals surface area contributed by atoms with E-state index in [1.54, 1.807) is 12.1 Å². The zero-order chi connectivity index (χ0) is 23.3. The van der Waals surface area contributed by atoms with E-state index in [0.29, 0.717) is 15.9 Å². The fourth-order valence-electron chi connectivity index (χ4n) is 4.10. The van der Waals surface area contributed by atoms with Crippen LogP contribution in [0.4, 0.5) is 0 Å². The molecular formula is C23H21N5O4S. The number of H-pyrrole nitrogens is 1. The molecule has 3 heterocycles. The summed E-state index contributed by atoms with van der Waals surface area (Å²) in [5.41, 5.74) is 1.23. The van der Waals surface area contributed by atoms with E-state index in [1.807, 2.05) is 19.9 Å². The standard InChI is InChI=1S/C23H21N5O4S/c1-12-7-8-14(9-13(12)2)28-21(30)16(19(29)26-23(28)32)10-25-27-11-24-20-18(22(27)31)15-5-3-4-6-17(15)33-20/h7-11,30H,3-6H2,1-2H3,(H,26,29,32). The predicted octanol–water partition coefficient (Wildman–Crippen LogP) is 2.38. The third kappa shape index (κ3) is 3.52. The summed E-state index contributed by atoms with van der Waals surface area (Å²) >= 11 is 1.54. The Morgan fingerprint density at radius 3 is 2.73 bits per heavy atom. The van der Waals surface area contributed by atoms with Gasteiger partial charge in [0.2, 0.25) is 5.88 Å². The van der Waals surface area contributed by atoms with Crippen LogP contribution in [0, 0.1) is 13.8 Å². The fourth-order valence-corrected chi connectivity index (χ4v) is 5.32. The van der Waals surface area contributed by atoms with Crippen LogP contribution in [0.2, 0.25) is 0 Å². The van der Waals surface area contributed by atoms with Crippen LogP contribution >= 0.6 is 11.3 Å². The van der Waals surface area contributed by atoms with Gasteiger partial charge in [0.25, 0.3) is 11.1 Å². The van der Waals surface area contributed by atoms with Gasteiger partial charge < -0.3 is 5.11 Å². The highest BCUT2D eigenvalue weighted by Gasteiger charge is 2.20. The molecule has 1 aromatic carbocycles. The lowest BCUT2D eigenvalue weighted by molar-refractivity contribution is 0.430. The fraction of sp³-hybridized carbons (Fsp3) is 0.261. The molecular weight excluding hydrogens is 442 g/mol. The first-order valence-corrected chi connectivity index (χ1v) is 11.4. The van der Waals surface area contributed by atoms with Gasteiger partial charge in [-0.15, -0.1) is 11.3 Å². The summed E-state index contributed by atoms with van der Waals surface area (Å²) in [4.78, 5) is 46.4. The molecule has 2 N–H and O–H groups in total. The van der Waals surface area contributed by atoms with Gasteiger partial charge in [-0.25, -0.2) is 14.3 Å².